The van der Waals surface area contributed by atoms with Gasteiger partial charge in [0.05, 0.1) is 6.54 Å². The number of urea groups is 1. The highest BCUT2D eigenvalue weighted by Crippen LogP contribution is 2.17. The summed E-state index contributed by atoms with van der Waals surface area (Å²) in [5.74, 6) is 0. The normalized spacial score (nSPS) is 10.4. The van der Waals surface area contributed by atoms with Crippen molar-refractivity contribution in [3.63, 3.8) is 0 Å². The third-order valence-electron chi connectivity index (χ3n) is 3.30. The van der Waals surface area contributed by atoms with Crippen LogP contribution in [0.4, 0.5) is 4.79 Å². The first-order valence-electron chi connectivity index (χ1n) is 6.82. The molecule has 0 saturated carbocycles. The van der Waals surface area contributed by atoms with E-state index >= 15 is 0 Å². The van der Waals surface area contributed by atoms with Crippen molar-refractivity contribution in [1.82, 2.24) is 10.2 Å². The predicted molar refractivity (Wildman–Crippen MR) is 89.1 cm³/mol. The number of hydrogen-bond acceptors (Lipinski definition) is 2. The lowest BCUT2D eigenvalue weighted by Crippen LogP contribution is -2.37. The summed E-state index contributed by atoms with van der Waals surface area (Å²) in [6.07, 6.45) is 0.800. The Morgan fingerprint density at radius 2 is 2.00 bits per heavy atom. The number of benzene rings is 1. The highest BCUT2D eigenvalue weighted by atomic mass is 35.5. The number of halogens is 1. The Labute approximate surface area is 134 Å². The average Bonchev–Trinajstić information content (AvgIpc) is 2.86. The van der Waals surface area contributed by atoms with Crippen molar-refractivity contribution in [1.29, 1.82) is 0 Å². The van der Waals surface area contributed by atoms with E-state index in [-0.39, 0.29) is 6.03 Å². The molecule has 1 aromatic carbocycles. The van der Waals surface area contributed by atoms with Crippen LogP contribution in [0.15, 0.2) is 35.7 Å². The molecule has 0 radical (unpaired) electrons. The zero-order valence-corrected chi connectivity index (χ0v) is 13.8. The lowest BCUT2D eigenvalue weighted by Gasteiger charge is -2.17. The monoisotopic (exact) mass is 322 g/mol. The Balaban J connectivity index is 1.76. The number of rotatable bonds is 5. The minimum absolute atomic E-state index is 0.0447. The van der Waals surface area contributed by atoms with Gasteiger partial charge in [-0.1, -0.05) is 23.7 Å². The van der Waals surface area contributed by atoms with Crippen LogP contribution in [0.1, 0.15) is 16.0 Å². The fourth-order valence-electron chi connectivity index (χ4n) is 1.95. The average molecular weight is 323 g/mol. The maximum atomic E-state index is 12.0. The molecular weight excluding hydrogens is 304 g/mol. The number of nitrogens with zero attached hydrogens (tertiary/aromatic N) is 1. The molecule has 0 atom stereocenters. The van der Waals surface area contributed by atoms with Crippen molar-refractivity contribution in [3.8, 4) is 0 Å². The second-order valence-corrected chi connectivity index (χ2v) is 6.43. The summed E-state index contributed by atoms with van der Waals surface area (Å²) < 4.78 is 0. The summed E-state index contributed by atoms with van der Waals surface area (Å²) in [5.41, 5.74) is 2.40. The lowest BCUT2D eigenvalue weighted by atomic mass is 10.1. The highest BCUT2D eigenvalue weighted by Gasteiger charge is 2.10. The lowest BCUT2D eigenvalue weighted by molar-refractivity contribution is 0.207. The molecule has 1 heterocycles. The molecule has 1 N–H and O–H groups in total. The van der Waals surface area contributed by atoms with E-state index in [1.54, 1.807) is 16.2 Å². The Hall–Kier alpha value is -1.52. The maximum absolute atomic E-state index is 12.0. The van der Waals surface area contributed by atoms with E-state index in [1.165, 1.54) is 10.4 Å². The Bertz CT molecular complexity index is 595. The van der Waals surface area contributed by atoms with Gasteiger partial charge in [0.1, 0.15) is 0 Å². The van der Waals surface area contributed by atoms with Crippen LogP contribution in [0.3, 0.4) is 0 Å². The van der Waals surface area contributed by atoms with Crippen LogP contribution in [-0.4, -0.2) is 24.5 Å². The second kappa shape index (κ2) is 7.48. The number of carbonyl (C=O) groups is 1. The number of hydrogen-bond donors (Lipinski definition) is 1. The molecule has 2 aromatic rings. The van der Waals surface area contributed by atoms with Gasteiger partial charge in [-0.05, 0) is 48.1 Å². The van der Waals surface area contributed by atoms with E-state index in [4.69, 9.17) is 11.6 Å². The van der Waals surface area contributed by atoms with Crippen molar-refractivity contribution < 1.29 is 4.79 Å². The summed E-state index contributed by atoms with van der Waals surface area (Å²) in [5, 5.41) is 5.72. The molecule has 0 spiro atoms. The SMILES string of the molecule is Cc1ccsc1CN(C)C(=O)NCCc1ccc(Cl)cc1. The van der Waals surface area contributed by atoms with Crippen molar-refractivity contribution in [2.45, 2.75) is 19.9 Å². The molecule has 0 fully saturated rings. The van der Waals surface area contributed by atoms with Crippen LogP contribution in [0.25, 0.3) is 0 Å². The number of aryl methyl sites for hydroxylation is 1. The van der Waals surface area contributed by atoms with Crippen molar-refractivity contribution in [3.05, 3.63) is 56.7 Å². The number of nitrogens with one attached hydrogen (secondary N) is 1. The Morgan fingerprint density at radius 3 is 2.62 bits per heavy atom. The zero-order valence-electron chi connectivity index (χ0n) is 12.2. The standard InChI is InChI=1S/C16H19ClN2OS/c1-12-8-10-21-15(12)11-19(2)16(20)18-9-7-13-3-5-14(17)6-4-13/h3-6,8,10H,7,9,11H2,1-2H3,(H,18,20). The van der Waals surface area contributed by atoms with Gasteiger partial charge in [0.2, 0.25) is 0 Å². The van der Waals surface area contributed by atoms with Crippen LogP contribution in [-0.2, 0) is 13.0 Å². The Kier molecular flexibility index (Phi) is 5.65. The quantitative estimate of drug-likeness (QED) is 0.883. The minimum atomic E-state index is -0.0447. The van der Waals surface area contributed by atoms with E-state index in [1.807, 2.05) is 31.3 Å². The smallest absolute Gasteiger partial charge is 0.317 e. The molecule has 0 aliphatic rings. The first-order valence-corrected chi connectivity index (χ1v) is 8.08. The third-order valence-corrected chi connectivity index (χ3v) is 4.56. The van der Waals surface area contributed by atoms with E-state index in [0.717, 1.165) is 17.0 Å². The number of carbonyl (C=O) groups excluding carboxylic acids is 1. The first-order chi connectivity index (χ1) is 10.1. The Morgan fingerprint density at radius 1 is 1.29 bits per heavy atom. The van der Waals surface area contributed by atoms with E-state index in [0.29, 0.717) is 13.1 Å². The maximum Gasteiger partial charge on any atom is 0.317 e. The van der Waals surface area contributed by atoms with Crippen molar-refractivity contribution in [2.75, 3.05) is 13.6 Å². The molecule has 0 aliphatic heterocycles. The summed E-state index contributed by atoms with van der Waals surface area (Å²) in [6.45, 7) is 3.34. The van der Waals surface area contributed by atoms with E-state index < -0.39 is 0 Å². The molecule has 0 unspecified atom stereocenters. The van der Waals surface area contributed by atoms with Gasteiger partial charge in [-0.2, -0.15) is 0 Å². The number of amides is 2. The zero-order chi connectivity index (χ0) is 15.2. The molecule has 2 rings (SSSR count). The molecule has 3 nitrogen and oxygen atoms in total. The van der Waals surface area contributed by atoms with Gasteiger partial charge < -0.3 is 10.2 Å². The van der Waals surface area contributed by atoms with Gasteiger partial charge in [-0.25, -0.2) is 4.79 Å². The fourth-order valence-corrected chi connectivity index (χ4v) is 3.04. The summed E-state index contributed by atoms with van der Waals surface area (Å²) in [7, 11) is 1.82. The van der Waals surface area contributed by atoms with Gasteiger partial charge in [-0.3, -0.25) is 0 Å². The highest BCUT2D eigenvalue weighted by molar-refractivity contribution is 7.10. The summed E-state index contributed by atoms with van der Waals surface area (Å²) in [4.78, 5) is 15.0. The van der Waals surface area contributed by atoms with Crippen LogP contribution in [0.5, 0.6) is 0 Å². The van der Waals surface area contributed by atoms with Gasteiger partial charge in [0, 0.05) is 23.5 Å². The van der Waals surface area contributed by atoms with Crippen molar-refractivity contribution in [2.24, 2.45) is 0 Å². The van der Waals surface area contributed by atoms with Gasteiger partial charge in [0.15, 0.2) is 0 Å². The van der Waals surface area contributed by atoms with Crippen LogP contribution >= 0.6 is 22.9 Å². The molecule has 1 aromatic heterocycles. The molecule has 21 heavy (non-hydrogen) atoms. The van der Waals surface area contributed by atoms with E-state index in [2.05, 4.69) is 23.7 Å². The van der Waals surface area contributed by atoms with Gasteiger partial charge in [-0.15, -0.1) is 11.3 Å². The predicted octanol–water partition coefficient (Wildman–Crippen LogP) is 4.09. The molecule has 0 aliphatic carbocycles. The van der Waals surface area contributed by atoms with Crippen LogP contribution < -0.4 is 5.32 Å². The van der Waals surface area contributed by atoms with E-state index in [9.17, 15) is 4.79 Å². The molecule has 112 valence electrons. The molecule has 0 saturated heterocycles. The minimum Gasteiger partial charge on any atom is -0.338 e. The number of thiophene rings is 1. The van der Waals surface area contributed by atoms with Gasteiger partial charge in [0.25, 0.3) is 0 Å². The molecule has 0 bridgehead atoms. The summed E-state index contributed by atoms with van der Waals surface area (Å²) >= 11 is 7.53. The van der Waals surface area contributed by atoms with Crippen LogP contribution in [0, 0.1) is 6.92 Å². The van der Waals surface area contributed by atoms with Crippen molar-refractivity contribution >= 4 is 29.0 Å². The second-order valence-electron chi connectivity index (χ2n) is 4.99. The summed E-state index contributed by atoms with van der Waals surface area (Å²) in [6, 6.07) is 9.72. The van der Waals surface area contributed by atoms with Gasteiger partial charge >= 0.3 is 6.03 Å². The molecule has 5 heteroatoms. The largest absolute Gasteiger partial charge is 0.338 e. The first kappa shape index (κ1) is 15.9. The van der Waals surface area contributed by atoms with Crippen LogP contribution in [0.2, 0.25) is 5.02 Å². The molecular formula is C16H19ClN2OS. The molecule has 2 amide bonds. The fraction of sp³-hybridized carbons (Fsp3) is 0.312. The topological polar surface area (TPSA) is 32.3 Å². The third kappa shape index (κ3) is 4.76.